The van der Waals surface area contributed by atoms with Gasteiger partial charge in [-0.3, -0.25) is 10.1 Å². The topological polar surface area (TPSA) is 163 Å². The molecule has 0 fully saturated rings. The average molecular weight is 350 g/mol. The molecule has 0 bridgehead atoms. The Labute approximate surface area is 122 Å². The van der Waals surface area contributed by atoms with E-state index in [0.29, 0.717) is 0 Å². The van der Waals surface area contributed by atoms with Gasteiger partial charge in [-0.15, -0.1) is 10.2 Å². The average Bonchev–Trinajstić information content (AvgIpc) is 2.88. The van der Waals surface area contributed by atoms with E-state index in [1.165, 1.54) is 12.1 Å². The lowest BCUT2D eigenvalue weighted by atomic mass is 10.3. The highest BCUT2D eigenvalue weighted by atomic mass is 32.3. The molecule has 2 aromatic rings. The predicted octanol–water partition coefficient (Wildman–Crippen LogP) is -0.0735. The van der Waals surface area contributed by atoms with Crippen LogP contribution in [0.5, 0.6) is 0 Å². The fraction of sp³-hybridized carbons (Fsp3) is 0. The molecule has 0 spiro atoms. The summed E-state index contributed by atoms with van der Waals surface area (Å²) in [6, 6.07) is 4.62. The largest absolute Gasteiger partial charge is 0.288 e. The van der Waals surface area contributed by atoms with Gasteiger partial charge in [-0.05, 0) is 6.07 Å². The molecule has 1 aromatic carbocycles. The molecule has 1 aromatic heterocycles. The van der Waals surface area contributed by atoms with E-state index in [1.54, 1.807) is 0 Å². The minimum absolute atomic E-state index is 0.216. The number of nitro benzene ring substituents is 1. The molecule has 0 saturated heterocycles. The van der Waals surface area contributed by atoms with Crippen LogP contribution in [0.1, 0.15) is 0 Å². The third kappa shape index (κ3) is 2.90. The van der Waals surface area contributed by atoms with Gasteiger partial charge in [0.2, 0.25) is 18.5 Å². The summed E-state index contributed by atoms with van der Waals surface area (Å²) in [5.41, 5.74) is -0.648. The normalized spacial score (nSPS) is 12.2. The quantitative estimate of drug-likeness (QED) is 0.591. The molecule has 112 valence electrons. The molecule has 0 unspecified atom stereocenters. The van der Waals surface area contributed by atoms with Gasteiger partial charge in [-0.25, -0.2) is 22.0 Å². The second-order valence-electron chi connectivity index (χ2n) is 3.61. The van der Waals surface area contributed by atoms with Crippen molar-refractivity contribution in [2.24, 2.45) is 5.14 Å². The smallest absolute Gasteiger partial charge is 0.258 e. The number of primary sulfonamides is 1. The fourth-order valence-corrected chi connectivity index (χ4v) is 4.63. The van der Waals surface area contributed by atoms with Gasteiger partial charge in [0.05, 0.1) is 4.92 Å². The number of benzene rings is 1. The van der Waals surface area contributed by atoms with E-state index in [2.05, 4.69) is 10.2 Å². The Morgan fingerprint density at radius 2 is 1.67 bits per heavy atom. The minimum Gasteiger partial charge on any atom is -0.258 e. The monoisotopic (exact) mass is 350 g/mol. The highest BCUT2D eigenvalue weighted by Crippen LogP contribution is 2.31. The van der Waals surface area contributed by atoms with Crippen LogP contribution < -0.4 is 5.14 Å². The number of nitro groups is 1. The van der Waals surface area contributed by atoms with Crippen molar-refractivity contribution in [3.8, 4) is 0 Å². The summed E-state index contributed by atoms with van der Waals surface area (Å²) in [6.45, 7) is 0. The van der Waals surface area contributed by atoms with Gasteiger partial charge in [0.15, 0.2) is 4.90 Å². The van der Waals surface area contributed by atoms with Crippen molar-refractivity contribution in [1.82, 2.24) is 10.2 Å². The zero-order valence-corrected chi connectivity index (χ0v) is 12.4. The summed E-state index contributed by atoms with van der Waals surface area (Å²) in [7, 11) is -8.58. The van der Waals surface area contributed by atoms with Crippen molar-refractivity contribution < 1.29 is 21.8 Å². The molecule has 0 aliphatic heterocycles. The second kappa shape index (κ2) is 5.10. The molecule has 0 aliphatic rings. The van der Waals surface area contributed by atoms with E-state index >= 15 is 0 Å². The molecule has 0 amide bonds. The Morgan fingerprint density at radius 3 is 2.19 bits per heavy atom. The Balaban J connectivity index is 2.64. The van der Waals surface area contributed by atoms with Crippen molar-refractivity contribution >= 4 is 36.9 Å². The zero-order chi connectivity index (χ0) is 15.8. The Morgan fingerprint density at radius 1 is 1.10 bits per heavy atom. The first-order valence-corrected chi connectivity index (χ1v) is 8.83. The number of hydrogen-bond donors (Lipinski definition) is 1. The van der Waals surface area contributed by atoms with E-state index in [-0.39, 0.29) is 11.3 Å². The van der Waals surface area contributed by atoms with Gasteiger partial charge >= 0.3 is 0 Å². The molecule has 13 heteroatoms. The SMILES string of the molecule is NS(=O)(=O)c1nnc(S(=O)(=O)c2ccccc2[N+](=O)[O-])s1. The van der Waals surface area contributed by atoms with Crippen molar-refractivity contribution in [2.75, 3.05) is 0 Å². The molecule has 10 nitrogen and oxygen atoms in total. The van der Waals surface area contributed by atoms with Gasteiger partial charge in [0.25, 0.3) is 15.7 Å². The molecular weight excluding hydrogens is 344 g/mol. The van der Waals surface area contributed by atoms with Crippen LogP contribution in [0.3, 0.4) is 0 Å². The summed E-state index contributed by atoms with van der Waals surface area (Å²) in [6.07, 6.45) is 0. The van der Waals surface area contributed by atoms with Crippen molar-refractivity contribution in [3.63, 3.8) is 0 Å². The van der Waals surface area contributed by atoms with Crippen LogP contribution in [0, 0.1) is 10.1 Å². The van der Waals surface area contributed by atoms with Crippen molar-refractivity contribution in [2.45, 2.75) is 13.6 Å². The number of aromatic nitrogens is 2. The lowest BCUT2D eigenvalue weighted by Gasteiger charge is -2.00. The van der Waals surface area contributed by atoms with Crippen molar-refractivity contribution in [1.29, 1.82) is 0 Å². The third-order valence-electron chi connectivity index (χ3n) is 2.21. The number of nitrogens with two attached hydrogens (primary N) is 1. The predicted molar refractivity (Wildman–Crippen MR) is 69.8 cm³/mol. The highest BCUT2D eigenvalue weighted by molar-refractivity contribution is 7.95. The molecule has 0 radical (unpaired) electrons. The molecule has 21 heavy (non-hydrogen) atoms. The van der Waals surface area contributed by atoms with Crippen molar-refractivity contribution in [3.05, 3.63) is 34.4 Å². The highest BCUT2D eigenvalue weighted by Gasteiger charge is 2.31. The molecular formula is C8H6N4O6S3. The number of para-hydroxylation sites is 1. The van der Waals surface area contributed by atoms with E-state index in [1.807, 2.05) is 0 Å². The number of rotatable bonds is 4. The number of hydrogen-bond acceptors (Lipinski definition) is 9. The lowest BCUT2D eigenvalue weighted by Crippen LogP contribution is -2.11. The first kappa shape index (κ1) is 15.4. The van der Waals surface area contributed by atoms with E-state index in [9.17, 15) is 26.9 Å². The number of sulfonamides is 1. The molecule has 0 aliphatic carbocycles. The van der Waals surface area contributed by atoms with Crippen LogP contribution in [0.2, 0.25) is 0 Å². The van der Waals surface area contributed by atoms with E-state index < -0.39 is 44.0 Å². The summed E-state index contributed by atoms with van der Waals surface area (Å²) >= 11 is 0.216. The standard InChI is InChI=1S/C8H6N4O6S3/c9-21(17,18)8-11-10-7(19-8)20(15,16)6-4-2-1-3-5(6)12(13)14/h1-4H,(H2,9,17,18). The first-order valence-electron chi connectivity index (χ1n) is 4.99. The summed E-state index contributed by atoms with van der Waals surface area (Å²) < 4.78 is 45.3. The lowest BCUT2D eigenvalue weighted by molar-refractivity contribution is -0.387. The molecule has 0 atom stereocenters. The maximum atomic E-state index is 12.3. The Bertz CT molecular complexity index is 917. The molecule has 0 saturated carbocycles. The van der Waals surface area contributed by atoms with Gasteiger partial charge in [0, 0.05) is 6.07 Å². The second-order valence-corrected chi connectivity index (χ2v) is 8.41. The molecule has 1 heterocycles. The Hall–Kier alpha value is -1.96. The fourth-order valence-electron chi connectivity index (χ4n) is 1.35. The van der Waals surface area contributed by atoms with Crippen LogP contribution >= 0.6 is 11.3 Å². The number of nitrogens with zero attached hydrogens (tertiary/aromatic N) is 3. The van der Waals surface area contributed by atoms with Gasteiger partial charge in [0.1, 0.15) is 0 Å². The Kier molecular flexibility index (Phi) is 3.75. The van der Waals surface area contributed by atoms with Crippen LogP contribution in [0.25, 0.3) is 0 Å². The van der Waals surface area contributed by atoms with E-state index in [0.717, 1.165) is 12.1 Å². The van der Waals surface area contributed by atoms with Gasteiger partial charge in [-0.1, -0.05) is 23.5 Å². The molecule has 2 N–H and O–H groups in total. The summed E-state index contributed by atoms with van der Waals surface area (Å²) in [4.78, 5) is 9.39. The maximum absolute atomic E-state index is 12.3. The van der Waals surface area contributed by atoms with Gasteiger partial charge < -0.3 is 0 Å². The van der Waals surface area contributed by atoms with Crippen LogP contribution in [0.4, 0.5) is 5.69 Å². The summed E-state index contributed by atoms with van der Waals surface area (Å²) in [5, 5.41) is 22.1. The molecule has 2 rings (SSSR count). The third-order valence-corrected chi connectivity index (χ3v) is 6.61. The van der Waals surface area contributed by atoms with Gasteiger partial charge in [-0.2, -0.15) is 0 Å². The summed E-state index contributed by atoms with van der Waals surface area (Å²) in [5.74, 6) is 0. The van der Waals surface area contributed by atoms with Crippen LogP contribution in [0.15, 0.2) is 37.8 Å². The first-order chi connectivity index (χ1) is 9.64. The number of sulfone groups is 1. The van der Waals surface area contributed by atoms with E-state index in [4.69, 9.17) is 5.14 Å². The maximum Gasteiger partial charge on any atom is 0.288 e. The van der Waals surface area contributed by atoms with Crippen LogP contribution in [-0.4, -0.2) is 32.0 Å². The zero-order valence-electron chi connectivity index (χ0n) is 9.90. The van der Waals surface area contributed by atoms with Crippen LogP contribution in [-0.2, 0) is 19.9 Å². The minimum atomic E-state index is -4.37.